The molecule has 0 saturated heterocycles. The van der Waals surface area contributed by atoms with Crippen LogP contribution in [-0.2, 0) is 6.54 Å². The third kappa shape index (κ3) is 4.72. The Labute approximate surface area is 143 Å². The second-order valence-electron chi connectivity index (χ2n) is 5.67. The molecule has 1 heterocycles. The van der Waals surface area contributed by atoms with Crippen molar-refractivity contribution in [1.82, 2.24) is 10.3 Å². The lowest BCUT2D eigenvalue weighted by Gasteiger charge is -2.17. The maximum Gasteiger partial charge on any atom is 0.253 e. The number of nitrogens with one attached hydrogen (secondary N) is 1. The quantitative estimate of drug-likeness (QED) is 0.808. The van der Waals surface area contributed by atoms with Crippen molar-refractivity contribution >= 4 is 11.7 Å². The summed E-state index contributed by atoms with van der Waals surface area (Å²) in [6, 6.07) is 11.3. The summed E-state index contributed by atoms with van der Waals surface area (Å²) >= 11 is 0. The number of rotatable bonds is 8. The molecule has 2 aromatic rings. The number of benzene rings is 1. The van der Waals surface area contributed by atoms with Crippen molar-refractivity contribution < 1.29 is 9.53 Å². The SMILES string of the molecule is CCCCN(C)c1ccc(C(=O)NCc2ccccc2OC)cn1. The number of para-hydroxylation sites is 1. The second kappa shape index (κ2) is 8.91. The normalized spacial score (nSPS) is 10.3. The highest BCUT2D eigenvalue weighted by molar-refractivity contribution is 5.94. The molecule has 128 valence electrons. The minimum atomic E-state index is -0.142. The van der Waals surface area contributed by atoms with Gasteiger partial charge in [0.1, 0.15) is 11.6 Å². The Balaban J connectivity index is 1.95. The van der Waals surface area contributed by atoms with Gasteiger partial charge in [-0.05, 0) is 24.6 Å². The molecule has 0 unspecified atom stereocenters. The fourth-order valence-corrected chi connectivity index (χ4v) is 2.38. The maximum atomic E-state index is 12.3. The number of pyridine rings is 1. The summed E-state index contributed by atoms with van der Waals surface area (Å²) in [5, 5.41) is 2.90. The number of hydrogen-bond donors (Lipinski definition) is 1. The number of ether oxygens (including phenoxy) is 1. The molecule has 24 heavy (non-hydrogen) atoms. The van der Waals surface area contributed by atoms with E-state index >= 15 is 0 Å². The number of nitrogens with zero attached hydrogens (tertiary/aromatic N) is 2. The average molecular weight is 327 g/mol. The van der Waals surface area contributed by atoms with Crippen molar-refractivity contribution in [3.8, 4) is 5.75 Å². The number of anilines is 1. The molecule has 5 nitrogen and oxygen atoms in total. The van der Waals surface area contributed by atoms with E-state index in [9.17, 15) is 4.79 Å². The van der Waals surface area contributed by atoms with Crippen molar-refractivity contribution in [1.29, 1.82) is 0 Å². The Morgan fingerprint density at radius 2 is 2.04 bits per heavy atom. The number of methoxy groups -OCH3 is 1. The van der Waals surface area contributed by atoms with Crippen molar-refractivity contribution in [2.45, 2.75) is 26.3 Å². The van der Waals surface area contributed by atoms with Gasteiger partial charge >= 0.3 is 0 Å². The Kier molecular flexibility index (Phi) is 6.61. The molecule has 0 spiro atoms. The predicted octanol–water partition coefficient (Wildman–Crippen LogP) is 3.26. The van der Waals surface area contributed by atoms with Crippen LogP contribution in [-0.4, -0.2) is 31.6 Å². The molecule has 0 radical (unpaired) electrons. The molecule has 0 saturated carbocycles. The van der Waals surface area contributed by atoms with Gasteiger partial charge in [-0.15, -0.1) is 0 Å². The van der Waals surface area contributed by atoms with Crippen molar-refractivity contribution in [2.24, 2.45) is 0 Å². The molecule has 0 atom stereocenters. The predicted molar refractivity (Wildman–Crippen MR) is 96.6 cm³/mol. The van der Waals surface area contributed by atoms with Gasteiger partial charge in [-0.2, -0.15) is 0 Å². The van der Waals surface area contributed by atoms with Gasteiger partial charge in [-0.3, -0.25) is 4.79 Å². The number of carbonyl (C=O) groups is 1. The lowest BCUT2D eigenvalue weighted by atomic mass is 10.2. The number of amides is 1. The van der Waals surface area contributed by atoms with E-state index in [1.165, 1.54) is 0 Å². The number of hydrogen-bond acceptors (Lipinski definition) is 4. The van der Waals surface area contributed by atoms with Crippen LogP contribution in [0.4, 0.5) is 5.82 Å². The molecule has 1 aromatic heterocycles. The summed E-state index contributed by atoms with van der Waals surface area (Å²) < 4.78 is 5.29. The number of unbranched alkanes of at least 4 members (excludes halogenated alkanes) is 1. The van der Waals surface area contributed by atoms with Crippen molar-refractivity contribution in [3.05, 3.63) is 53.7 Å². The monoisotopic (exact) mass is 327 g/mol. The third-order valence-electron chi connectivity index (χ3n) is 3.88. The first-order valence-corrected chi connectivity index (χ1v) is 8.23. The Hall–Kier alpha value is -2.56. The highest BCUT2D eigenvalue weighted by Crippen LogP contribution is 2.17. The van der Waals surface area contributed by atoms with E-state index in [0.717, 1.165) is 36.5 Å². The summed E-state index contributed by atoms with van der Waals surface area (Å²) in [7, 11) is 3.64. The summed E-state index contributed by atoms with van der Waals surface area (Å²) in [5.41, 5.74) is 1.50. The van der Waals surface area contributed by atoms with Crippen LogP contribution in [0.5, 0.6) is 5.75 Å². The fraction of sp³-hybridized carbons (Fsp3) is 0.368. The minimum Gasteiger partial charge on any atom is -0.496 e. The molecule has 0 aliphatic carbocycles. The van der Waals surface area contributed by atoms with Gasteiger partial charge < -0.3 is 15.0 Å². The van der Waals surface area contributed by atoms with Crippen molar-refractivity contribution in [2.75, 3.05) is 25.6 Å². The third-order valence-corrected chi connectivity index (χ3v) is 3.88. The van der Waals surface area contributed by atoms with Crippen LogP contribution in [0.25, 0.3) is 0 Å². The van der Waals surface area contributed by atoms with Gasteiger partial charge in [-0.25, -0.2) is 4.98 Å². The first kappa shape index (κ1) is 17.8. The van der Waals surface area contributed by atoms with E-state index in [1.807, 2.05) is 43.4 Å². The molecular weight excluding hydrogens is 302 g/mol. The Morgan fingerprint density at radius 1 is 1.25 bits per heavy atom. The van der Waals surface area contributed by atoms with Crippen LogP contribution in [0.2, 0.25) is 0 Å². The van der Waals surface area contributed by atoms with Crippen LogP contribution in [0.15, 0.2) is 42.6 Å². The van der Waals surface area contributed by atoms with E-state index in [-0.39, 0.29) is 5.91 Å². The zero-order valence-corrected chi connectivity index (χ0v) is 14.6. The number of carbonyl (C=O) groups excluding carboxylic acids is 1. The first-order valence-electron chi connectivity index (χ1n) is 8.23. The van der Waals surface area contributed by atoms with E-state index in [2.05, 4.69) is 22.1 Å². The zero-order chi connectivity index (χ0) is 17.4. The molecule has 0 bridgehead atoms. The van der Waals surface area contributed by atoms with Gasteiger partial charge in [0.25, 0.3) is 5.91 Å². The summed E-state index contributed by atoms with van der Waals surface area (Å²) in [5.74, 6) is 1.50. The van der Waals surface area contributed by atoms with E-state index in [1.54, 1.807) is 13.3 Å². The fourth-order valence-electron chi connectivity index (χ4n) is 2.38. The molecule has 1 N–H and O–H groups in total. The largest absolute Gasteiger partial charge is 0.496 e. The van der Waals surface area contributed by atoms with Crippen LogP contribution in [0, 0.1) is 0 Å². The summed E-state index contributed by atoms with van der Waals surface area (Å²) in [6.45, 7) is 3.54. The van der Waals surface area contributed by atoms with Gasteiger partial charge in [-0.1, -0.05) is 31.5 Å². The van der Waals surface area contributed by atoms with Crippen molar-refractivity contribution in [3.63, 3.8) is 0 Å². The summed E-state index contributed by atoms with van der Waals surface area (Å²) in [6.07, 6.45) is 3.89. The standard InChI is InChI=1S/C19H25N3O2/c1-4-5-12-22(2)18-11-10-16(14-20-18)19(23)21-13-15-8-6-7-9-17(15)24-3/h6-11,14H,4-5,12-13H2,1-3H3,(H,21,23). The summed E-state index contributed by atoms with van der Waals surface area (Å²) in [4.78, 5) is 18.7. The molecular formula is C19H25N3O2. The first-order chi connectivity index (χ1) is 11.7. The lowest BCUT2D eigenvalue weighted by molar-refractivity contribution is 0.0950. The van der Waals surface area contributed by atoms with Crippen LogP contribution >= 0.6 is 0 Å². The molecule has 0 aliphatic rings. The molecule has 1 aromatic carbocycles. The maximum absolute atomic E-state index is 12.3. The zero-order valence-electron chi connectivity index (χ0n) is 14.6. The van der Waals surface area contributed by atoms with Gasteiger partial charge in [0, 0.05) is 31.9 Å². The second-order valence-corrected chi connectivity index (χ2v) is 5.67. The highest BCUT2D eigenvalue weighted by atomic mass is 16.5. The van der Waals surface area contributed by atoms with E-state index in [0.29, 0.717) is 12.1 Å². The van der Waals surface area contributed by atoms with E-state index in [4.69, 9.17) is 4.74 Å². The lowest BCUT2D eigenvalue weighted by Crippen LogP contribution is -2.24. The minimum absolute atomic E-state index is 0.142. The van der Waals surface area contributed by atoms with Gasteiger partial charge in [0.05, 0.1) is 12.7 Å². The smallest absolute Gasteiger partial charge is 0.253 e. The van der Waals surface area contributed by atoms with Crippen LogP contribution < -0.4 is 15.0 Å². The van der Waals surface area contributed by atoms with Gasteiger partial charge in [0.15, 0.2) is 0 Å². The Bertz CT molecular complexity index is 656. The van der Waals surface area contributed by atoms with Gasteiger partial charge in [0.2, 0.25) is 0 Å². The molecule has 1 amide bonds. The molecule has 5 heteroatoms. The molecule has 0 aliphatic heterocycles. The van der Waals surface area contributed by atoms with Crippen LogP contribution in [0.3, 0.4) is 0 Å². The topological polar surface area (TPSA) is 54.5 Å². The average Bonchev–Trinajstić information content (AvgIpc) is 2.64. The Morgan fingerprint density at radius 3 is 2.71 bits per heavy atom. The van der Waals surface area contributed by atoms with E-state index < -0.39 is 0 Å². The highest BCUT2D eigenvalue weighted by Gasteiger charge is 2.09. The number of aromatic nitrogens is 1. The molecule has 2 rings (SSSR count). The molecule has 0 fully saturated rings. The van der Waals surface area contributed by atoms with Crippen LogP contribution in [0.1, 0.15) is 35.7 Å².